The van der Waals surface area contributed by atoms with Gasteiger partial charge in [0.1, 0.15) is 5.75 Å². The fourth-order valence-corrected chi connectivity index (χ4v) is 4.24. The van der Waals surface area contributed by atoms with Gasteiger partial charge >= 0.3 is 6.09 Å². The van der Waals surface area contributed by atoms with Crippen molar-refractivity contribution in [1.29, 1.82) is 0 Å². The third kappa shape index (κ3) is 4.01. The fraction of sp³-hybridized carbons (Fsp3) is 0.458. The molecule has 0 aromatic heterocycles. The van der Waals surface area contributed by atoms with Crippen molar-refractivity contribution in [2.24, 2.45) is 5.41 Å². The summed E-state index contributed by atoms with van der Waals surface area (Å²) in [6.45, 7) is 12.5. The molecule has 0 fully saturated rings. The van der Waals surface area contributed by atoms with Crippen molar-refractivity contribution < 1.29 is 14.6 Å². The number of rotatable bonds is 4. The van der Waals surface area contributed by atoms with Crippen LogP contribution in [0, 0.1) is 19.3 Å². The molecule has 0 bridgehead atoms. The summed E-state index contributed by atoms with van der Waals surface area (Å²) in [5.41, 5.74) is 6.82. The number of benzene rings is 2. The zero-order valence-electron chi connectivity index (χ0n) is 17.7. The maximum absolute atomic E-state index is 11.3. The molecule has 0 saturated carbocycles. The molecule has 2 aromatic rings. The minimum atomic E-state index is -0.970. The number of aryl methyl sites for hydroxylation is 3. The molecule has 4 nitrogen and oxygen atoms in total. The summed E-state index contributed by atoms with van der Waals surface area (Å²) < 4.78 is 5.97. The van der Waals surface area contributed by atoms with Gasteiger partial charge in [-0.25, -0.2) is 4.79 Å². The molecule has 28 heavy (non-hydrogen) atoms. The van der Waals surface area contributed by atoms with E-state index in [4.69, 9.17) is 4.74 Å². The Labute approximate surface area is 167 Å². The molecule has 3 rings (SSSR count). The molecule has 2 N–H and O–H groups in total. The molecule has 4 heteroatoms. The maximum atomic E-state index is 11.3. The van der Waals surface area contributed by atoms with Crippen LogP contribution < -0.4 is 10.1 Å². The lowest BCUT2D eigenvalue weighted by Gasteiger charge is -2.40. The number of amides is 1. The van der Waals surface area contributed by atoms with E-state index in [2.05, 4.69) is 63.3 Å². The van der Waals surface area contributed by atoms with Crippen molar-refractivity contribution in [3.63, 3.8) is 0 Å². The Hall–Kier alpha value is -2.49. The van der Waals surface area contributed by atoms with Gasteiger partial charge in [0.05, 0.1) is 12.1 Å². The fourth-order valence-electron chi connectivity index (χ4n) is 4.24. The van der Waals surface area contributed by atoms with Gasteiger partial charge in [0.15, 0.2) is 0 Å². The van der Waals surface area contributed by atoms with Gasteiger partial charge in [0.2, 0.25) is 0 Å². The summed E-state index contributed by atoms with van der Waals surface area (Å²) in [4.78, 5) is 11.3. The van der Waals surface area contributed by atoms with Crippen LogP contribution in [0.1, 0.15) is 62.4 Å². The average molecular weight is 382 g/mol. The van der Waals surface area contributed by atoms with Crippen LogP contribution in [0.3, 0.4) is 0 Å². The predicted molar refractivity (Wildman–Crippen MR) is 113 cm³/mol. The smallest absolute Gasteiger partial charge is 0.405 e. The van der Waals surface area contributed by atoms with Gasteiger partial charge in [-0.3, -0.25) is 0 Å². The normalized spacial score (nSPS) is 17.9. The van der Waals surface area contributed by atoms with E-state index < -0.39 is 6.09 Å². The van der Waals surface area contributed by atoms with Crippen LogP contribution in [0.5, 0.6) is 5.75 Å². The number of carbonyl (C=O) groups is 1. The molecule has 150 valence electrons. The topological polar surface area (TPSA) is 58.6 Å². The molecule has 0 aliphatic heterocycles. The van der Waals surface area contributed by atoms with Gasteiger partial charge in [0, 0.05) is 0 Å². The van der Waals surface area contributed by atoms with Crippen LogP contribution >= 0.6 is 0 Å². The van der Waals surface area contributed by atoms with E-state index in [1.807, 2.05) is 13.8 Å². The Balaban J connectivity index is 1.99. The Bertz CT molecular complexity index is 876. The zero-order chi connectivity index (χ0) is 20.6. The minimum absolute atomic E-state index is 0.101. The van der Waals surface area contributed by atoms with Gasteiger partial charge in [-0.2, -0.15) is 0 Å². The molecule has 0 saturated heterocycles. The molecule has 0 spiro atoms. The van der Waals surface area contributed by atoms with Crippen LogP contribution in [0.15, 0.2) is 30.3 Å². The summed E-state index contributed by atoms with van der Waals surface area (Å²) in [7, 11) is 0. The first kappa shape index (κ1) is 20.2. The van der Waals surface area contributed by atoms with Gasteiger partial charge in [-0.1, -0.05) is 32.0 Å². The lowest BCUT2D eigenvalue weighted by atomic mass is 9.70. The Kier molecular flexibility index (Phi) is 5.42. The van der Waals surface area contributed by atoms with Crippen molar-refractivity contribution >= 4 is 6.09 Å². The number of nitrogens with one attached hydrogen (secondary N) is 1. The largest absolute Gasteiger partial charge is 0.490 e. The van der Waals surface area contributed by atoms with Gasteiger partial charge < -0.3 is 15.2 Å². The second-order valence-corrected chi connectivity index (χ2v) is 8.89. The molecule has 1 amide bonds. The summed E-state index contributed by atoms with van der Waals surface area (Å²) in [5, 5.41) is 12.0. The Morgan fingerprint density at radius 2 is 1.79 bits per heavy atom. The monoisotopic (exact) mass is 381 g/mol. The highest BCUT2D eigenvalue weighted by Crippen LogP contribution is 2.44. The number of carboxylic acid groups (broad SMARTS) is 1. The van der Waals surface area contributed by atoms with E-state index in [0.29, 0.717) is 0 Å². The number of hydrogen-bond donors (Lipinski definition) is 2. The van der Waals surface area contributed by atoms with E-state index in [-0.39, 0.29) is 17.6 Å². The summed E-state index contributed by atoms with van der Waals surface area (Å²) >= 11 is 0. The molecule has 1 aliphatic rings. The zero-order valence-corrected chi connectivity index (χ0v) is 17.7. The Morgan fingerprint density at radius 3 is 2.36 bits per heavy atom. The summed E-state index contributed by atoms with van der Waals surface area (Å²) in [6.07, 6.45) is 1.09. The average Bonchev–Trinajstić information content (AvgIpc) is 2.59. The third-order valence-corrected chi connectivity index (χ3v) is 5.69. The number of hydrogen-bond acceptors (Lipinski definition) is 2. The first-order valence-corrected chi connectivity index (χ1v) is 9.99. The quantitative estimate of drug-likeness (QED) is 0.679. The third-order valence-electron chi connectivity index (χ3n) is 5.69. The van der Waals surface area contributed by atoms with E-state index in [0.717, 1.165) is 40.8 Å². The van der Waals surface area contributed by atoms with E-state index in [1.165, 1.54) is 11.1 Å². The lowest BCUT2D eigenvalue weighted by molar-refractivity contribution is 0.161. The van der Waals surface area contributed by atoms with E-state index >= 15 is 0 Å². The molecular formula is C24H31NO3. The molecule has 0 unspecified atom stereocenters. The van der Waals surface area contributed by atoms with Crippen molar-refractivity contribution in [3.05, 3.63) is 52.6 Å². The molecular weight excluding hydrogens is 350 g/mol. The first-order valence-electron chi connectivity index (χ1n) is 9.99. The van der Waals surface area contributed by atoms with Gasteiger partial charge in [-0.15, -0.1) is 0 Å². The van der Waals surface area contributed by atoms with Crippen molar-refractivity contribution in [1.82, 2.24) is 5.32 Å². The molecule has 1 atom stereocenters. The highest BCUT2D eigenvalue weighted by Gasteiger charge is 2.37. The van der Waals surface area contributed by atoms with Crippen molar-refractivity contribution in [3.8, 4) is 16.9 Å². The van der Waals surface area contributed by atoms with Crippen LogP contribution in [0.2, 0.25) is 0 Å². The highest BCUT2D eigenvalue weighted by atomic mass is 16.5. The lowest BCUT2D eigenvalue weighted by Crippen LogP contribution is -2.40. The summed E-state index contributed by atoms with van der Waals surface area (Å²) in [5.74, 6) is 0.962. The van der Waals surface area contributed by atoms with Crippen LogP contribution in [-0.2, 0) is 6.42 Å². The Morgan fingerprint density at radius 1 is 1.14 bits per heavy atom. The maximum Gasteiger partial charge on any atom is 0.405 e. The van der Waals surface area contributed by atoms with E-state index in [9.17, 15) is 9.90 Å². The van der Waals surface area contributed by atoms with Crippen LogP contribution in [0.4, 0.5) is 4.79 Å². The molecule has 0 radical (unpaired) electrons. The SMILES string of the molecule is Cc1cc(-c2ccc3c(c2)CCC(C)(C)[C@H]3NC(=O)O)cc(C)c1OC(C)C. The number of ether oxygens (including phenoxy) is 1. The molecule has 0 heterocycles. The standard InChI is InChI=1S/C24H31NO3/c1-14(2)28-21-15(3)11-19(12-16(21)4)17-7-8-20-18(13-17)9-10-24(5,6)22(20)25-23(26)27/h7-8,11-14,22,25H,9-10H2,1-6H3,(H,26,27)/t22-/m0/s1. The van der Waals surface area contributed by atoms with Crippen molar-refractivity contribution in [2.45, 2.75) is 66.5 Å². The van der Waals surface area contributed by atoms with Gasteiger partial charge in [0.25, 0.3) is 0 Å². The van der Waals surface area contributed by atoms with Crippen molar-refractivity contribution in [2.75, 3.05) is 0 Å². The predicted octanol–water partition coefficient (Wildman–Crippen LogP) is 6.04. The number of fused-ring (bicyclic) bond motifs is 1. The van der Waals surface area contributed by atoms with E-state index in [1.54, 1.807) is 0 Å². The minimum Gasteiger partial charge on any atom is -0.490 e. The summed E-state index contributed by atoms with van der Waals surface area (Å²) in [6, 6.07) is 10.6. The van der Waals surface area contributed by atoms with Crippen LogP contribution in [-0.4, -0.2) is 17.3 Å². The van der Waals surface area contributed by atoms with Gasteiger partial charge in [-0.05, 0) is 91.5 Å². The molecule has 2 aromatic carbocycles. The second kappa shape index (κ2) is 7.50. The first-order chi connectivity index (χ1) is 13.1. The molecule has 1 aliphatic carbocycles. The van der Waals surface area contributed by atoms with Crippen LogP contribution in [0.25, 0.3) is 11.1 Å². The highest BCUT2D eigenvalue weighted by molar-refractivity contribution is 5.70. The second-order valence-electron chi connectivity index (χ2n) is 8.89.